The third kappa shape index (κ3) is 3.58. The average Bonchev–Trinajstić information content (AvgIpc) is 2.33. The summed E-state index contributed by atoms with van der Waals surface area (Å²) in [6.45, 7) is 9.75. The van der Waals surface area contributed by atoms with Crippen LogP contribution in [0.15, 0.2) is 12.3 Å². The fourth-order valence-corrected chi connectivity index (χ4v) is 2.66. The van der Waals surface area contributed by atoms with Crippen molar-refractivity contribution in [1.29, 1.82) is 0 Å². The molecule has 0 radical (unpaired) electrons. The molecule has 0 atom stereocenters. The van der Waals surface area contributed by atoms with Gasteiger partial charge >= 0.3 is 0 Å². The number of hydrogen-bond donors (Lipinski definition) is 0. The van der Waals surface area contributed by atoms with Crippen molar-refractivity contribution in [2.24, 2.45) is 0 Å². The smallest absolute Gasteiger partial charge is 0.130 e. The third-order valence-corrected chi connectivity index (χ3v) is 3.99. The van der Waals surface area contributed by atoms with E-state index in [1.165, 1.54) is 0 Å². The van der Waals surface area contributed by atoms with Gasteiger partial charge in [-0.05, 0) is 19.9 Å². The van der Waals surface area contributed by atoms with Crippen molar-refractivity contribution in [2.75, 3.05) is 26.2 Å². The van der Waals surface area contributed by atoms with Gasteiger partial charge in [-0.3, -0.25) is 9.80 Å². The van der Waals surface area contributed by atoms with Crippen LogP contribution in [0.25, 0.3) is 0 Å². The molecular formula is C13H19Cl2N3. The molecule has 100 valence electrons. The largest absolute Gasteiger partial charge is 0.298 e. The molecule has 18 heavy (non-hydrogen) atoms. The highest BCUT2D eigenvalue weighted by Crippen LogP contribution is 2.20. The maximum absolute atomic E-state index is 6.17. The van der Waals surface area contributed by atoms with Gasteiger partial charge in [-0.2, -0.15) is 0 Å². The van der Waals surface area contributed by atoms with Crippen LogP contribution in [0.5, 0.6) is 0 Å². The van der Waals surface area contributed by atoms with Crippen molar-refractivity contribution in [1.82, 2.24) is 14.8 Å². The highest BCUT2D eigenvalue weighted by atomic mass is 35.5. The second kappa shape index (κ2) is 6.20. The number of pyridine rings is 1. The van der Waals surface area contributed by atoms with Crippen LogP contribution >= 0.6 is 23.2 Å². The monoisotopic (exact) mass is 287 g/mol. The molecular weight excluding hydrogens is 269 g/mol. The second-order valence-corrected chi connectivity index (χ2v) is 5.80. The molecule has 0 N–H and O–H groups in total. The first-order valence-corrected chi connectivity index (χ1v) is 7.08. The van der Waals surface area contributed by atoms with Crippen LogP contribution < -0.4 is 0 Å². The zero-order chi connectivity index (χ0) is 13.1. The summed E-state index contributed by atoms with van der Waals surface area (Å²) in [5.41, 5.74) is 1.05. The lowest BCUT2D eigenvalue weighted by Gasteiger charge is -2.37. The Kier molecular flexibility index (Phi) is 4.84. The van der Waals surface area contributed by atoms with Crippen LogP contribution in [-0.2, 0) is 6.54 Å². The van der Waals surface area contributed by atoms with E-state index in [1.807, 2.05) is 0 Å². The minimum Gasteiger partial charge on any atom is -0.298 e. The summed E-state index contributed by atoms with van der Waals surface area (Å²) in [4.78, 5) is 9.00. The lowest BCUT2D eigenvalue weighted by molar-refractivity contribution is 0.104. The Morgan fingerprint density at radius 1 is 1.22 bits per heavy atom. The number of halogens is 2. The van der Waals surface area contributed by atoms with Gasteiger partial charge in [0.25, 0.3) is 0 Å². The van der Waals surface area contributed by atoms with Crippen LogP contribution in [0.3, 0.4) is 0 Å². The van der Waals surface area contributed by atoms with Crippen molar-refractivity contribution in [2.45, 2.75) is 26.4 Å². The highest BCUT2D eigenvalue weighted by molar-refractivity contribution is 6.34. The summed E-state index contributed by atoms with van der Waals surface area (Å²) in [5, 5.41) is 1.16. The normalized spacial score (nSPS) is 18.5. The maximum Gasteiger partial charge on any atom is 0.130 e. The minimum absolute atomic E-state index is 0.452. The number of nitrogens with zero attached hydrogens (tertiary/aromatic N) is 3. The standard InChI is InChI=1S/C13H19Cl2N3/c1-10(2)18-5-3-17(4-6-18)9-11-8-16-13(15)7-12(11)14/h7-8,10H,3-6,9H2,1-2H3. The van der Waals surface area contributed by atoms with E-state index in [4.69, 9.17) is 23.2 Å². The molecule has 0 spiro atoms. The van der Waals surface area contributed by atoms with E-state index in [0.717, 1.165) is 38.3 Å². The molecule has 0 aromatic carbocycles. The Balaban J connectivity index is 1.91. The molecule has 1 saturated heterocycles. The number of piperazine rings is 1. The van der Waals surface area contributed by atoms with E-state index >= 15 is 0 Å². The topological polar surface area (TPSA) is 19.4 Å². The Morgan fingerprint density at radius 3 is 2.44 bits per heavy atom. The van der Waals surface area contributed by atoms with Crippen molar-refractivity contribution in [3.05, 3.63) is 28.0 Å². The summed E-state index contributed by atoms with van der Waals surface area (Å²) < 4.78 is 0. The van der Waals surface area contributed by atoms with Gasteiger partial charge in [-0.25, -0.2) is 4.98 Å². The van der Waals surface area contributed by atoms with E-state index < -0.39 is 0 Å². The maximum atomic E-state index is 6.17. The number of rotatable bonds is 3. The van der Waals surface area contributed by atoms with Crippen LogP contribution in [0.2, 0.25) is 10.2 Å². The summed E-state index contributed by atoms with van der Waals surface area (Å²) in [6.07, 6.45) is 1.78. The molecule has 0 aliphatic carbocycles. The average molecular weight is 288 g/mol. The molecule has 5 heteroatoms. The first-order chi connectivity index (χ1) is 8.56. The number of aromatic nitrogens is 1. The summed E-state index contributed by atoms with van der Waals surface area (Å²) in [5.74, 6) is 0. The van der Waals surface area contributed by atoms with Crippen molar-refractivity contribution in [3.8, 4) is 0 Å². The van der Waals surface area contributed by atoms with E-state index in [1.54, 1.807) is 12.3 Å². The Morgan fingerprint density at radius 2 is 1.89 bits per heavy atom. The first-order valence-electron chi connectivity index (χ1n) is 6.32. The molecule has 0 unspecified atom stereocenters. The highest BCUT2D eigenvalue weighted by Gasteiger charge is 2.19. The molecule has 1 aliphatic rings. The zero-order valence-corrected chi connectivity index (χ0v) is 12.4. The molecule has 0 amide bonds. The fraction of sp³-hybridized carbons (Fsp3) is 0.615. The molecule has 0 saturated carbocycles. The molecule has 1 fully saturated rings. The molecule has 1 aromatic rings. The minimum atomic E-state index is 0.452. The fourth-order valence-electron chi connectivity index (χ4n) is 2.23. The number of hydrogen-bond acceptors (Lipinski definition) is 3. The van der Waals surface area contributed by atoms with E-state index in [2.05, 4.69) is 28.6 Å². The second-order valence-electron chi connectivity index (χ2n) is 5.00. The predicted octanol–water partition coefficient (Wildman–Crippen LogP) is 2.91. The van der Waals surface area contributed by atoms with Gasteiger partial charge in [0, 0.05) is 55.5 Å². The van der Waals surface area contributed by atoms with Crippen LogP contribution in [0, 0.1) is 0 Å². The molecule has 3 nitrogen and oxygen atoms in total. The van der Waals surface area contributed by atoms with Crippen LogP contribution in [0.4, 0.5) is 0 Å². The van der Waals surface area contributed by atoms with Gasteiger partial charge in [-0.15, -0.1) is 0 Å². The lowest BCUT2D eigenvalue weighted by Crippen LogP contribution is -2.48. The van der Waals surface area contributed by atoms with Gasteiger partial charge in [0.1, 0.15) is 5.15 Å². The molecule has 2 heterocycles. The summed E-state index contributed by atoms with van der Waals surface area (Å²) in [7, 11) is 0. The van der Waals surface area contributed by atoms with Gasteiger partial charge < -0.3 is 0 Å². The Hall–Kier alpha value is -0.350. The lowest BCUT2D eigenvalue weighted by atomic mass is 10.2. The Labute approximate surface area is 119 Å². The van der Waals surface area contributed by atoms with Crippen LogP contribution in [0.1, 0.15) is 19.4 Å². The summed E-state index contributed by atoms with van der Waals surface area (Å²) in [6, 6.07) is 2.34. The van der Waals surface area contributed by atoms with E-state index in [-0.39, 0.29) is 0 Å². The van der Waals surface area contributed by atoms with Crippen molar-refractivity contribution in [3.63, 3.8) is 0 Å². The van der Waals surface area contributed by atoms with E-state index in [9.17, 15) is 0 Å². The molecule has 2 rings (SSSR count). The Bertz CT molecular complexity index is 401. The molecule has 0 bridgehead atoms. The molecule has 1 aromatic heterocycles. The zero-order valence-electron chi connectivity index (χ0n) is 10.9. The van der Waals surface area contributed by atoms with Gasteiger partial charge in [0.05, 0.1) is 0 Å². The van der Waals surface area contributed by atoms with Gasteiger partial charge in [0.15, 0.2) is 0 Å². The van der Waals surface area contributed by atoms with Gasteiger partial charge in [0.2, 0.25) is 0 Å². The predicted molar refractivity (Wildman–Crippen MR) is 76.2 cm³/mol. The first kappa shape index (κ1) is 14.1. The SMILES string of the molecule is CC(C)N1CCN(Cc2cnc(Cl)cc2Cl)CC1. The molecule has 1 aliphatic heterocycles. The van der Waals surface area contributed by atoms with Crippen molar-refractivity contribution < 1.29 is 0 Å². The van der Waals surface area contributed by atoms with Crippen LogP contribution in [-0.4, -0.2) is 47.0 Å². The van der Waals surface area contributed by atoms with E-state index in [0.29, 0.717) is 16.2 Å². The third-order valence-electron chi connectivity index (χ3n) is 3.43. The summed E-state index contributed by atoms with van der Waals surface area (Å²) >= 11 is 12.0. The van der Waals surface area contributed by atoms with Crippen molar-refractivity contribution >= 4 is 23.2 Å². The quantitative estimate of drug-likeness (QED) is 0.797. The van der Waals surface area contributed by atoms with Gasteiger partial charge in [-0.1, -0.05) is 23.2 Å².